The van der Waals surface area contributed by atoms with Crippen molar-refractivity contribution in [3.05, 3.63) is 29.3 Å². The van der Waals surface area contributed by atoms with Crippen LogP contribution in [0.4, 0.5) is 0 Å². The van der Waals surface area contributed by atoms with Gasteiger partial charge in [0.15, 0.2) is 0 Å². The van der Waals surface area contributed by atoms with Crippen LogP contribution < -0.4 is 5.32 Å². The Labute approximate surface area is 103 Å². The fraction of sp³-hybridized carbons (Fsp3) is 0.571. The minimum absolute atomic E-state index is 0.111. The van der Waals surface area contributed by atoms with Crippen molar-refractivity contribution in [3.8, 4) is 5.75 Å². The maximum atomic E-state index is 9.44. The molecule has 0 aliphatic heterocycles. The lowest BCUT2D eigenvalue weighted by molar-refractivity contribution is 0.275. The number of aliphatic hydroxyl groups is 1. The van der Waals surface area contributed by atoms with Gasteiger partial charge in [-0.2, -0.15) is 0 Å². The predicted molar refractivity (Wildman–Crippen MR) is 70.1 cm³/mol. The molecule has 0 saturated heterocycles. The van der Waals surface area contributed by atoms with Gasteiger partial charge in [-0.25, -0.2) is 0 Å². The molecule has 1 aromatic carbocycles. The SMILES string of the molecule is CC(C)(C)NCCCc1ccc(O)c(CO)c1. The number of rotatable bonds is 5. The van der Waals surface area contributed by atoms with E-state index in [0.29, 0.717) is 5.56 Å². The Hall–Kier alpha value is -1.06. The molecule has 0 amide bonds. The first kappa shape index (κ1) is 14.0. The summed E-state index contributed by atoms with van der Waals surface area (Å²) in [6.07, 6.45) is 2.00. The second-order valence-electron chi connectivity index (χ2n) is 5.40. The van der Waals surface area contributed by atoms with Gasteiger partial charge in [0.05, 0.1) is 6.61 Å². The van der Waals surface area contributed by atoms with Gasteiger partial charge in [0.25, 0.3) is 0 Å². The van der Waals surface area contributed by atoms with Crippen LogP contribution in [0.15, 0.2) is 18.2 Å². The largest absolute Gasteiger partial charge is 0.508 e. The normalized spacial score (nSPS) is 11.8. The summed E-state index contributed by atoms with van der Waals surface area (Å²) in [6, 6.07) is 5.43. The summed E-state index contributed by atoms with van der Waals surface area (Å²) in [7, 11) is 0. The van der Waals surface area contributed by atoms with Crippen LogP contribution in [0.25, 0.3) is 0 Å². The average Bonchev–Trinajstić information content (AvgIpc) is 2.25. The summed E-state index contributed by atoms with van der Waals surface area (Å²) in [5, 5.41) is 21.9. The van der Waals surface area contributed by atoms with Gasteiger partial charge in [0, 0.05) is 11.1 Å². The van der Waals surface area contributed by atoms with Gasteiger partial charge in [0.1, 0.15) is 5.75 Å². The molecule has 96 valence electrons. The van der Waals surface area contributed by atoms with E-state index in [4.69, 9.17) is 5.11 Å². The van der Waals surface area contributed by atoms with E-state index in [-0.39, 0.29) is 17.9 Å². The molecule has 0 atom stereocenters. The molecule has 3 N–H and O–H groups in total. The molecule has 1 rings (SSSR count). The van der Waals surface area contributed by atoms with Crippen LogP contribution in [0.3, 0.4) is 0 Å². The Morgan fingerprint density at radius 3 is 2.53 bits per heavy atom. The number of nitrogens with one attached hydrogen (secondary N) is 1. The standard InChI is InChI=1S/C14H23NO2/c1-14(2,3)15-8-4-5-11-6-7-13(17)12(9-11)10-16/h6-7,9,15-17H,4-5,8,10H2,1-3H3. The number of phenols is 1. The van der Waals surface area contributed by atoms with E-state index < -0.39 is 0 Å². The summed E-state index contributed by atoms with van der Waals surface area (Å²) in [4.78, 5) is 0. The van der Waals surface area contributed by atoms with Crippen LogP contribution in [-0.2, 0) is 13.0 Å². The summed E-state index contributed by atoms with van der Waals surface area (Å²) in [5.41, 5.74) is 1.92. The first-order chi connectivity index (χ1) is 7.92. The van der Waals surface area contributed by atoms with Gasteiger partial charge in [-0.1, -0.05) is 6.07 Å². The monoisotopic (exact) mass is 237 g/mol. The zero-order valence-corrected chi connectivity index (χ0v) is 11.0. The molecule has 0 fully saturated rings. The van der Waals surface area contributed by atoms with Crippen LogP contribution in [0.2, 0.25) is 0 Å². The molecular weight excluding hydrogens is 214 g/mol. The Morgan fingerprint density at radius 1 is 1.24 bits per heavy atom. The third kappa shape index (κ3) is 5.20. The molecule has 3 nitrogen and oxygen atoms in total. The van der Waals surface area contributed by atoms with Crippen LogP contribution in [0.5, 0.6) is 5.75 Å². The van der Waals surface area contributed by atoms with Crippen molar-refractivity contribution in [3.63, 3.8) is 0 Å². The Kier molecular flexibility index (Phi) is 4.97. The number of aliphatic hydroxyl groups excluding tert-OH is 1. The van der Waals surface area contributed by atoms with Crippen LogP contribution >= 0.6 is 0 Å². The van der Waals surface area contributed by atoms with Crippen molar-refractivity contribution >= 4 is 0 Å². The number of benzene rings is 1. The van der Waals surface area contributed by atoms with Crippen molar-refractivity contribution in [2.24, 2.45) is 0 Å². The fourth-order valence-corrected chi connectivity index (χ4v) is 1.68. The molecule has 1 aromatic rings. The van der Waals surface area contributed by atoms with Gasteiger partial charge in [0.2, 0.25) is 0 Å². The van der Waals surface area contributed by atoms with Crippen LogP contribution in [-0.4, -0.2) is 22.3 Å². The van der Waals surface area contributed by atoms with E-state index >= 15 is 0 Å². The lowest BCUT2D eigenvalue weighted by Crippen LogP contribution is -2.36. The lowest BCUT2D eigenvalue weighted by atomic mass is 10.0. The molecule has 0 saturated carbocycles. The smallest absolute Gasteiger partial charge is 0.121 e. The molecule has 0 aliphatic carbocycles. The summed E-state index contributed by atoms with van der Waals surface area (Å²) >= 11 is 0. The van der Waals surface area contributed by atoms with E-state index in [1.54, 1.807) is 6.07 Å². The second-order valence-corrected chi connectivity index (χ2v) is 5.40. The highest BCUT2D eigenvalue weighted by Gasteiger charge is 2.07. The van der Waals surface area contributed by atoms with E-state index in [1.807, 2.05) is 12.1 Å². The minimum Gasteiger partial charge on any atom is -0.508 e. The summed E-state index contributed by atoms with van der Waals surface area (Å²) in [5.74, 6) is 0.170. The molecule has 0 aromatic heterocycles. The first-order valence-electron chi connectivity index (χ1n) is 6.09. The van der Waals surface area contributed by atoms with Crippen molar-refractivity contribution in [2.75, 3.05) is 6.54 Å². The molecular formula is C14H23NO2. The Bertz CT molecular complexity index is 356. The molecule has 0 unspecified atom stereocenters. The zero-order valence-electron chi connectivity index (χ0n) is 11.0. The third-order valence-electron chi connectivity index (χ3n) is 2.61. The Morgan fingerprint density at radius 2 is 1.94 bits per heavy atom. The lowest BCUT2D eigenvalue weighted by Gasteiger charge is -2.20. The molecule has 0 aliphatic rings. The summed E-state index contributed by atoms with van der Waals surface area (Å²) < 4.78 is 0. The number of hydrogen-bond acceptors (Lipinski definition) is 3. The number of aryl methyl sites for hydroxylation is 1. The topological polar surface area (TPSA) is 52.5 Å². The van der Waals surface area contributed by atoms with Crippen molar-refractivity contribution in [1.82, 2.24) is 5.32 Å². The van der Waals surface area contributed by atoms with Crippen LogP contribution in [0, 0.1) is 0 Å². The van der Waals surface area contributed by atoms with Crippen molar-refractivity contribution in [1.29, 1.82) is 0 Å². The highest BCUT2D eigenvalue weighted by molar-refractivity contribution is 5.35. The van der Waals surface area contributed by atoms with Crippen LogP contribution in [0.1, 0.15) is 38.3 Å². The summed E-state index contributed by atoms with van der Waals surface area (Å²) in [6.45, 7) is 7.31. The maximum Gasteiger partial charge on any atom is 0.121 e. The third-order valence-corrected chi connectivity index (χ3v) is 2.61. The highest BCUT2D eigenvalue weighted by Crippen LogP contribution is 2.19. The number of hydrogen-bond donors (Lipinski definition) is 3. The highest BCUT2D eigenvalue weighted by atomic mass is 16.3. The quantitative estimate of drug-likeness (QED) is 0.688. The molecule has 0 heterocycles. The molecule has 3 heteroatoms. The van der Waals surface area contributed by atoms with Gasteiger partial charge in [-0.15, -0.1) is 0 Å². The zero-order chi connectivity index (χ0) is 12.9. The molecule has 0 bridgehead atoms. The number of aromatic hydroxyl groups is 1. The van der Waals surface area contributed by atoms with Gasteiger partial charge < -0.3 is 15.5 Å². The Balaban J connectivity index is 2.42. The molecule has 17 heavy (non-hydrogen) atoms. The van der Waals surface area contributed by atoms with Gasteiger partial charge in [-0.3, -0.25) is 0 Å². The maximum absolute atomic E-state index is 9.44. The second kappa shape index (κ2) is 6.03. The molecule has 0 spiro atoms. The van der Waals surface area contributed by atoms with E-state index in [0.717, 1.165) is 24.9 Å². The fourth-order valence-electron chi connectivity index (χ4n) is 1.68. The first-order valence-corrected chi connectivity index (χ1v) is 6.09. The van der Waals surface area contributed by atoms with Crippen molar-refractivity contribution in [2.45, 2.75) is 45.8 Å². The average molecular weight is 237 g/mol. The minimum atomic E-state index is -0.111. The van der Waals surface area contributed by atoms with E-state index in [2.05, 4.69) is 26.1 Å². The van der Waals surface area contributed by atoms with Gasteiger partial charge >= 0.3 is 0 Å². The van der Waals surface area contributed by atoms with E-state index in [9.17, 15) is 5.11 Å². The van der Waals surface area contributed by atoms with E-state index in [1.165, 1.54) is 0 Å². The predicted octanol–water partition coefficient (Wildman–Crippen LogP) is 2.21. The molecule has 0 radical (unpaired) electrons. The van der Waals surface area contributed by atoms with Crippen molar-refractivity contribution < 1.29 is 10.2 Å². The van der Waals surface area contributed by atoms with Gasteiger partial charge in [-0.05, 0) is 57.9 Å².